The minimum Gasteiger partial charge on any atom is -0.495 e. The molecular weight excluding hydrogens is 326 g/mol. The van der Waals surface area contributed by atoms with Crippen LogP contribution in [0.5, 0.6) is 5.75 Å². The largest absolute Gasteiger partial charge is 0.495 e. The minimum atomic E-state index is -0.583. The van der Waals surface area contributed by atoms with Gasteiger partial charge in [-0.3, -0.25) is 0 Å². The normalized spacial score (nSPS) is 12.2. The SMILES string of the molecule is CCOCCOCC(O)CNc1cc(Br)ccc1OC. The molecule has 2 N–H and O–H groups in total. The van der Waals surface area contributed by atoms with Gasteiger partial charge in [0.2, 0.25) is 0 Å². The van der Waals surface area contributed by atoms with Crippen molar-refractivity contribution < 1.29 is 19.3 Å². The second kappa shape index (κ2) is 9.99. The van der Waals surface area contributed by atoms with Crippen LogP contribution in [-0.4, -0.2) is 51.3 Å². The number of methoxy groups -OCH3 is 1. The molecule has 0 aliphatic heterocycles. The van der Waals surface area contributed by atoms with Gasteiger partial charge in [0, 0.05) is 17.6 Å². The number of aliphatic hydroxyl groups excluding tert-OH is 1. The molecule has 20 heavy (non-hydrogen) atoms. The van der Waals surface area contributed by atoms with Gasteiger partial charge in [-0.2, -0.15) is 0 Å². The molecule has 1 rings (SSSR count). The number of hydrogen-bond donors (Lipinski definition) is 2. The highest BCUT2D eigenvalue weighted by Gasteiger charge is 2.07. The van der Waals surface area contributed by atoms with Gasteiger partial charge in [-0.25, -0.2) is 0 Å². The molecule has 0 amide bonds. The number of nitrogens with one attached hydrogen (secondary N) is 1. The molecule has 0 radical (unpaired) electrons. The van der Waals surface area contributed by atoms with Gasteiger partial charge in [0.05, 0.1) is 38.7 Å². The summed E-state index contributed by atoms with van der Waals surface area (Å²) < 4.78 is 16.6. The summed E-state index contributed by atoms with van der Waals surface area (Å²) in [5.74, 6) is 0.734. The fraction of sp³-hybridized carbons (Fsp3) is 0.571. The van der Waals surface area contributed by atoms with Crippen molar-refractivity contribution in [2.45, 2.75) is 13.0 Å². The molecule has 0 heterocycles. The molecule has 0 spiro atoms. The monoisotopic (exact) mass is 347 g/mol. The Morgan fingerprint density at radius 3 is 2.75 bits per heavy atom. The summed E-state index contributed by atoms with van der Waals surface area (Å²) in [6, 6.07) is 5.66. The first-order valence-corrected chi connectivity index (χ1v) is 7.37. The number of hydrogen-bond acceptors (Lipinski definition) is 5. The zero-order chi connectivity index (χ0) is 14.8. The zero-order valence-electron chi connectivity index (χ0n) is 11.9. The molecule has 0 aliphatic carbocycles. The summed E-state index contributed by atoms with van der Waals surface area (Å²) in [4.78, 5) is 0. The van der Waals surface area contributed by atoms with Crippen molar-refractivity contribution in [1.82, 2.24) is 0 Å². The molecule has 0 fully saturated rings. The van der Waals surface area contributed by atoms with E-state index in [1.54, 1.807) is 7.11 Å². The fourth-order valence-corrected chi connectivity index (χ4v) is 1.95. The standard InChI is InChI=1S/C14H22BrNO4/c1-3-19-6-7-20-10-12(17)9-16-13-8-11(15)4-5-14(13)18-2/h4-5,8,12,16-17H,3,6-7,9-10H2,1-2H3. The van der Waals surface area contributed by atoms with Crippen molar-refractivity contribution in [2.75, 3.05) is 45.4 Å². The topological polar surface area (TPSA) is 60.0 Å². The van der Waals surface area contributed by atoms with E-state index in [4.69, 9.17) is 14.2 Å². The van der Waals surface area contributed by atoms with Crippen LogP contribution in [0.1, 0.15) is 6.92 Å². The molecule has 1 aromatic rings. The van der Waals surface area contributed by atoms with Crippen LogP contribution < -0.4 is 10.1 Å². The Morgan fingerprint density at radius 1 is 1.30 bits per heavy atom. The van der Waals surface area contributed by atoms with E-state index in [0.29, 0.717) is 26.4 Å². The number of halogens is 1. The first kappa shape index (κ1) is 17.2. The highest BCUT2D eigenvalue weighted by Crippen LogP contribution is 2.27. The first-order valence-electron chi connectivity index (χ1n) is 6.58. The van der Waals surface area contributed by atoms with Crippen LogP contribution in [0.15, 0.2) is 22.7 Å². The molecule has 1 unspecified atom stereocenters. The lowest BCUT2D eigenvalue weighted by Gasteiger charge is -2.15. The Bertz CT molecular complexity index is 389. The summed E-state index contributed by atoms with van der Waals surface area (Å²) in [5.41, 5.74) is 0.829. The van der Waals surface area contributed by atoms with Gasteiger partial charge < -0.3 is 24.6 Å². The van der Waals surface area contributed by atoms with Gasteiger partial charge in [0.25, 0.3) is 0 Å². The van der Waals surface area contributed by atoms with E-state index in [-0.39, 0.29) is 6.61 Å². The number of aliphatic hydroxyl groups is 1. The van der Waals surface area contributed by atoms with Gasteiger partial charge in [-0.15, -0.1) is 0 Å². The minimum absolute atomic E-state index is 0.274. The van der Waals surface area contributed by atoms with Gasteiger partial charge in [0.15, 0.2) is 0 Å². The highest BCUT2D eigenvalue weighted by molar-refractivity contribution is 9.10. The van der Waals surface area contributed by atoms with E-state index in [1.807, 2.05) is 25.1 Å². The smallest absolute Gasteiger partial charge is 0.142 e. The molecular formula is C14H22BrNO4. The quantitative estimate of drug-likeness (QED) is 0.636. The van der Waals surface area contributed by atoms with E-state index >= 15 is 0 Å². The molecule has 5 nitrogen and oxygen atoms in total. The summed E-state index contributed by atoms with van der Waals surface area (Å²) in [6.07, 6.45) is -0.583. The van der Waals surface area contributed by atoms with Crippen molar-refractivity contribution in [1.29, 1.82) is 0 Å². The third-order valence-corrected chi connectivity index (χ3v) is 3.07. The van der Waals surface area contributed by atoms with Gasteiger partial charge >= 0.3 is 0 Å². The van der Waals surface area contributed by atoms with Crippen molar-refractivity contribution in [3.8, 4) is 5.75 Å². The number of benzene rings is 1. The average Bonchev–Trinajstić information content (AvgIpc) is 2.45. The summed E-state index contributed by atoms with van der Waals surface area (Å²) in [6.45, 7) is 4.32. The van der Waals surface area contributed by atoms with Crippen LogP contribution in [-0.2, 0) is 9.47 Å². The Morgan fingerprint density at radius 2 is 2.05 bits per heavy atom. The predicted octanol–water partition coefficient (Wildman–Crippen LogP) is 2.28. The van der Waals surface area contributed by atoms with Crippen molar-refractivity contribution in [3.63, 3.8) is 0 Å². The molecule has 114 valence electrons. The molecule has 6 heteroatoms. The number of ether oxygens (including phenoxy) is 3. The lowest BCUT2D eigenvalue weighted by atomic mass is 10.2. The maximum absolute atomic E-state index is 9.82. The van der Waals surface area contributed by atoms with E-state index < -0.39 is 6.10 Å². The van der Waals surface area contributed by atoms with Gasteiger partial charge in [0.1, 0.15) is 5.75 Å². The van der Waals surface area contributed by atoms with Crippen molar-refractivity contribution >= 4 is 21.6 Å². The van der Waals surface area contributed by atoms with E-state index in [0.717, 1.165) is 15.9 Å². The molecule has 1 aromatic carbocycles. The first-order chi connectivity index (χ1) is 9.67. The Kier molecular flexibility index (Phi) is 8.60. The number of rotatable bonds is 10. The van der Waals surface area contributed by atoms with Crippen LogP contribution in [0.2, 0.25) is 0 Å². The second-order valence-corrected chi connectivity index (χ2v) is 5.07. The zero-order valence-corrected chi connectivity index (χ0v) is 13.5. The summed E-state index contributed by atoms with van der Waals surface area (Å²) in [7, 11) is 1.61. The molecule has 0 saturated carbocycles. The molecule has 1 atom stereocenters. The predicted molar refractivity (Wildman–Crippen MR) is 82.5 cm³/mol. The molecule has 0 aliphatic rings. The van der Waals surface area contributed by atoms with Crippen LogP contribution >= 0.6 is 15.9 Å². The van der Waals surface area contributed by atoms with Crippen molar-refractivity contribution in [2.24, 2.45) is 0 Å². The highest BCUT2D eigenvalue weighted by atomic mass is 79.9. The molecule has 0 saturated heterocycles. The van der Waals surface area contributed by atoms with Crippen LogP contribution in [0.3, 0.4) is 0 Å². The molecule has 0 aromatic heterocycles. The third kappa shape index (κ3) is 6.56. The van der Waals surface area contributed by atoms with Gasteiger partial charge in [-0.05, 0) is 25.1 Å². The van der Waals surface area contributed by atoms with E-state index in [9.17, 15) is 5.11 Å². The van der Waals surface area contributed by atoms with Crippen molar-refractivity contribution in [3.05, 3.63) is 22.7 Å². The van der Waals surface area contributed by atoms with Crippen LogP contribution in [0, 0.1) is 0 Å². The van der Waals surface area contributed by atoms with Crippen LogP contribution in [0.4, 0.5) is 5.69 Å². The summed E-state index contributed by atoms with van der Waals surface area (Å²) >= 11 is 3.40. The average molecular weight is 348 g/mol. The maximum atomic E-state index is 9.82. The maximum Gasteiger partial charge on any atom is 0.142 e. The Labute approximate surface area is 128 Å². The third-order valence-electron chi connectivity index (χ3n) is 2.58. The molecule has 0 bridgehead atoms. The van der Waals surface area contributed by atoms with Gasteiger partial charge in [-0.1, -0.05) is 15.9 Å². The fourth-order valence-electron chi connectivity index (χ4n) is 1.59. The lowest BCUT2D eigenvalue weighted by molar-refractivity contribution is 0.0103. The van der Waals surface area contributed by atoms with E-state index in [2.05, 4.69) is 21.2 Å². The van der Waals surface area contributed by atoms with E-state index in [1.165, 1.54) is 0 Å². The number of anilines is 1. The second-order valence-electron chi connectivity index (χ2n) is 4.15. The summed E-state index contributed by atoms with van der Waals surface area (Å²) in [5, 5.41) is 13.0. The Hall–Kier alpha value is -0.820. The lowest BCUT2D eigenvalue weighted by Crippen LogP contribution is -2.25. The Balaban J connectivity index is 2.30. The van der Waals surface area contributed by atoms with Crippen LogP contribution in [0.25, 0.3) is 0 Å².